The van der Waals surface area contributed by atoms with E-state index < -0.39 is 25.2 Å². The summed E-state index contributed by atoms with van der Waals surface area (Å²) in [6.45, 7) is 17.5. The lowest BCUT2D eigenvalue weighted by Crippen LogP contribution is -2.52. The van der Waals surface area contributed by atoms with Gasteiger partial charge in [0.2, 0.25) is 0 Å². The molecule has 0 saturated heterocycles. The lowest BCUT2D eigenvalue weighted by molar-refractivity contribution is 0.396. The van der Waals surface area contributed by atoms with Gasteiger partial charge in [0, 0.05) is 6.04 Å². The van der Waals surface area contributed by atoms with Gasteiger partial charge in [-0.05, 0) is 45.8 Å². The molecule has 2 nitrogen and oxygen atoms in total. The highest BCUT2D eigenvalue weighted by atomic mass is 28.5. The van der Waals surface area contributed by atoms with Crippen molar-refractivity contribution in [3.63, 3.8) is 0 Å². The largest absolute Gasteiger partial charge is 0.436 e. The van der Waals surface area contributed by atoms with E-state index in [1.807, 2.05) is 0 Å². The van der Waals surface area contributed by atoms with Gasteiger partial charge in [0.15, 0.2) is 16.6 Å². The van der Waals surface area contributed by atoms with Gasteiger partial charge >= 0.3 is 8.56 Å². The minimum Gasteiger partial charge on any atom is -0.436 e. The molecule has 0 rings (SSSR count). The van der Waals surface area contributed by atoms with Crippen molar-refractivity contribution in [1.29, 1.82) is 0 Å². The van der Waals surface area contributed by atoms with E-state index in [2.05, 4.69) is 58.8 Å². The third kappa shape index (κ3) is 6.94. The van der Waals surface area contributed by atoms with E-state index in [4.69, 9.17) is 8.23 Å². The number of hydrogen-bond donors (Lipinski definition) is 0. The summed E-state index contributed by atoms with van der Waals surface area (Å²) in [4.78, 5) is 0. The first-order valence-electron chi connectivity index (χ1n) is 5.18. The van der Waals surface area contributed by atoms with Crippen LogP contribution in [-0.2, 0) is 8.23 Å². The fraction of sp³-hybridized carbons (Fsp3) is 0.889. The molecule has 0 aromatic rings. The Balaban J connectivity index is 4.49. The second-order valence-electron chi connectivity index (χ2n) is 5.73. The van der Waals surface area contributed by atoms with Crippen molar-refractivity contribution in [2.24, 2.45) is 0 Å². The molecule has 14 heavy (non-hydrogen) atoms. The first kappa shape index (κ1) is 14.6. The molecule has 0 amide bonds. The van der Waals surface area contributed by atoms with Crippen molar-refractivity contribution in [2.75, 3.05) is 0 Å². The molecule has 0 aliphatic rings. The fourth-order valence-electron chi connectivity index (χ4n) is 1.35. The molecule has 0 aromatic carbocycles. The molecule has 0 heterocycles. The van der Waals surface area contributed by atoms with E-state index in [0.717, 1.165) is 0 Å². The molecule has 0 bridgehead atoms. The maximum atomic E-state index is 6.19. The molecule has 0 aliphatic heterocycles. The predicted molar refractivity (Wildman–Crippen MR) is 70.5 cm³/mol. The minimum absolute atomic E-state index is 1.49. The summed E-state index contributed by atoms with van der Waals surface area (Å²) in [5.41, 5.74) is 0. The molecule has 0 N–H and O–H groups in total. The monoisotopic (exact) mass is 249 g/mol. The van der Waals surface area contributed by atoms with Crippen LogP contribution in [0.25, 0.3) is 0 Å². The van der Waals surface area contributed by atoms with Gasteiger partial charge in [0.25, 0.3) is 0 Å². The summed E-state index contributed by atoms with van der Waals surface area (Å²) < 4.78 is 12.4. The van der Waals surface area contributed by atoms with Gasteiger partial charge in [0.05, 0.1) is 0 Å². The molecule has 0 spiro atoms. The first-order chi connectivity index (χ1) is 5.97. The third-order valence-electron chi connectivity index (χ3n) is 1.54. The van der Waals surface area contributed by atoms with Crippen molar-refractivity contribution in [2.45, 2.75) is 52.8 Å². The van der Waals surface area contributed by atoms with E-state index in [0.29, 0.717) is 0 Å². The van der Waals surface area contributed by atoms with Gasteiger partial charge in [-0.15, -0.1) is 0 Å². The highest BCUT2D eigenvalue weighted by molar-refractivity contribution is 6.89. The third-order valence-corrected chi connectivity index (χ3v) is 10.7. The summed E-state index contributed by atoms with van der Waals surface area (Å²) in [7, 11) is -4.97. The Labute approximate surface area is 92.5 Å². The van der Waals surface area contributed by atoms with Gasteiger partial charge < -0.3 is 8.23 Å². The Morgan fingerprint density at radius 1 is 0.714 bits per heavy atom. The zero-order chi connectivity index (χ0) is 11.6. The molecule has 5 heteroatoms. The Kier molecular flexibility index (Phi) is 4.80. The second-order valence-corrected chi connectivity index (χ2v) is 18.4. The molecular formula is C9H25O2Si3. The van der Waals surface area contributed by atoms with Crippen LogP contribution in [0.3, 0.4) is 0 Å². The molecule has 85 valence electrons. The first-order valence-corrected chi connectivity index (χ1v) is 14.4. The molecule has 1 radical (unpaired) electrons. The van der Waals surface area contributed by atoms with Gasteiger partial charge in [-0.25, -0.2) is 0 Å². The SMILES string of the molecule is C[CH][Si](C)(O[Si](C)(C)C)O[Si](C)(C)C. The van der Waals surface area contributed by atoms with Crippen LogP contribution in [0.15, 0.2) is 0 Å². The van der Waals surface area contributed by atoms with Crippen molar-refractivity contribution < 1.29 is 8.23 Å². The highest BCUT2D eigenvalue weighted by Crippen LogP contribution is 2.22. The maximum absolute atomic E-state index is 6.19. The minimum atomic E-state index is -2.00. The quantitative estimate of drug-likeness (QED) is 0.694. The fourth-order valence-corrected chi connectivity index (χ4v) is 12.6. The van der Waals surface area contributed by atoms with E-state index >= 15 is 0 Å². The number of hydrogen-bond acceptors (Lipinski definition) is 2. The van der Waals surface area contributed by atoms with Crippen molar-refractivity contribution >= 4 is 25.2 Å². The van der Waals surface area contributed by atoms with Crippen LogP contribution in [0.5, 0.6) is 0 Å². The summed E-state index contributed by atoms with van der Waals surface area (Å²) in [5.74, 6) is 0. The highest BCUT2D eigenvalue weighted by Gasteiger charge is 2.38. The Hall–Kier alpha value is 0.571. The summed E-state index contributed by atoms with van der Waals surface area (Å²) in [6.07, 6.45) is 0. The van der Waals surface area contributed by atoms with Crippen LogP contribution in [-0.4, -0.2) is 25.2 Å². The molecular weight excluding hydrogens is 224 g/mol. The van der Waals surface area contributed by atoms with E-state index in [1.165, 1.54) is 0 Å². The average Bonchev–Trinajstić information content (AvgIpc) is 1.78. The van der Waals surface area contributed by atoms with E-state index in [-0.39, 0.29) is 0 Å². The number of rotatable bonds is 5. The lowest BCUT2D eigenvalue weighted by atomic mass is 11.0. The Morgan fingerprint density at radius 3 is 1.14 bits per heavy atom. The van der Waals surface area contributed by atoms with Crippen LogP contribution in [0.2, 0.25) is 45.8 Å². The molecule has 0 fully saturated rings. The Morgan fingerprint density at radius 2 is 1.00 bits per heavy atom. The second kappa shape index (κ2) is 4.61. The van der Waals surface area contributed by atoms with Gasteiger partial charge in [0.1, 0.15) is 0 Å². The van der Waals surface area contributed by atoms with Gasteiger partial charge in [-0.3, -0.25) is 0 Å². The molecule has 0 aromatic heterocycles. The molecule has 0 unspecified atom stereocenters. The smallest absolute Gasteiger partial charge is 0.317 e. The van der Waals surface area contributed by atoms with Crippen molar-refractivity contribution in [1.82, 2.24) is 0 Å². The van der Waals surface area contributed by atoms with Crippen LogP contribution >= 0.6 is 0 Å². The zero-order valence-electron chi connectivity index (χ0n) is 10.9. The Bertz CT molecular complexity index is 165. The van der Waals surface area contributed by atoms with Crippen LogP contribution < -0.4 is 0 Å². The van der Waals surface area contributed by atoms with Crippen molar-refractivity contribution in [3.8, 4) is 0 Å². The van der Waals surface area contributed by atoms with Crippen LogP contribution in [0.1, 0.15) is 6.92 Å². The molecule has 0 saturated carbocycles. The van der Waals surface area contributed by atoms with Crippen LogP contribution in [0.4, 0.5) is 0 Å². The van der Waals surface area contributed by atoms with Gasteiger partial charge in [-0.2, -0.15) is 0 Å². The molecule has 0 atom stereocenters. The normalized spacial score (nSPS) is 14.6. The van der Waals surface area contributed by atoms with E-state index in [1.54, 1.807) is 0 Å². The summed E-state index contributed by atoms with van der Waals surface area (Å²) in [5, 5.41) is 0. The summed E-state index contributed by atoms with van der Waals surface area (Å²) in [6, 6.07) is 2.16. The maximum Gasteiger partial charge on any atom is 0.317 e. The van der Waals surface area contributed by atoms with Gasteiger partial charge in [-0.1, -0.05) is 6.92 Å². The predicted octanol–water partition coefficient (Wildman–Crippen LogP) is 3.52. The average molecular weight is 250 g/mol. The summed E-state index contributed by atoms with van der Waals surface area (Å²) >= 11 is 0. The van der Waals surface area contributed by atoms with Crippen molar-refractivity contribution in [3.05, 3.63) is 6.04 Å². The lowest BCUT2D eigenvalue weighted by Gasteiger charge is -2.37. The topological polar surface area (TPSA) is 18.5 Å². The standard InChI is InChI=1S/C9H25O2Si3/c1-9-14(8,10-12(2,3)4)11-13(5,6)7/h9H,1-8H3. The molecule has 0 aliphatic carbocycles. The zero-order valence-corrected chi connectivity index (χ0v) is 13.9. The van der Waals surface area contributed by atoms with E-state index in [9.17, 15) is 0 Å². The van der Waals surface area contributed by atoms with Crippen LogP contribution in [0, 0.1) is 6.04 Å².